The predicted molar refractivity (Wildman–Crippen MR) is 118 cm³/mol. The number of anilines is 1. The maximum absolute atomic E-state index is 13.2. The number of benzene rings is 3. The van der Waals surface area contributed by atoms with Gasteiger partial charge in [0.25, 0.3) is 0 Å². The maximum atomic E-state index is 13.2. The Kier molecular flexibility index (Phi) is 7.33. The van der Waals surface area contributed by atoms with E-state index in [0.29, 0.717) is 32.8 Å². The fraction of sp³-hybridized carbons (Fsp3) is 0.0870. The summed E-state index contributed by atoms with van der Waals surface area (Å²) in [6, 6.07) is 16.2. The van der Waals surface area contributed by atoms with Gasteiger partial charge >= 0.3 is 0 Å². The topological polar surface area (TPSA) is 47.6 Å². The molecule has 3 aromatic rings. The van der Waals surface area contributed by atoms with E-state index >= 15 is 0 Å². The minimum atomic E-state index is -0.421. The third-order valence-electron chi connectivity index (χ3n) is 4.14. The molecule has 0 aliphatic rings. The summed E-state index contributed by atoms with van der Waals surface area (Å²) in [4.78, 5) is 12.0. The zero-order valence-corrected chi connectivity index (χ0v) is 17.5. The van der Waals surface area contributed by atoms with Gasteiger partial charge in [-0.1, -0.05) is 41.4 Å². The molecule has 0 aliphatic carbocycles. The number of carbonyl (C=O) groups excluding carboxylic acids is 1. The van der Waals surface area contributed by atoms with E-state index in [9.17, 15) is 9.18 Å². The molecule has 7 heteroatoms. The van der Waals surface area contributed by atoms with Crippen LogP contribution in [-0.2, 0) is 11.4 Å². The lowest BCUT2D eigenvalue weighted by molar-refractivity contribution is -0.111. The second kappa shape index (κ2) is 10.1. The molecular formula is C23H18Cl2FNO3. The Hall–Kier alpha value is -3.02. The van der Waals surface area contributed by atoms with Gasteiger partial charge in [-0.3, -0.25) is 4.79 Å². The molecule has 0 saturated carbocycles. The standard InChI is InChI=1S/C23H18Cl2FNO3/c1-29-22-12-15(9-11-23(28)27-17-5-2-4-16(26)13-17)8-10-21(22)30-14-18-19(24)6-3-7-20(18)25/h2-13H,14H2,1H3,(H,27,28)/b11-9+. The molecule has 1 amide bonds. The van der Waals surface area contributed by atoms with Crippen LogP contribution in [0.4, 0.5) is 10.1 Å². The first-order chi connectivity index (χ1) is 14.5. The normalized spacial score (nSPS) is 10.8. The number of carbonyl (C=O) groups is 1. The molecule has 154 valence electrons. The molecule has 0 spiro atoms. The Bertz CT molecular complexity index is 1070. The smallest absolute Gasteiger partial charge is 0.248 e. The molecule has 0 fully saturated rings. The van der Waals surface area contributed by atoms with E-state index < -0.39 is 5.82 Å². The molecule has 3 aromatic carbocycles. The van der Waals surface area contributed by atoms with Crippen LogP contribution < -0.4 is 14.8 Å². The molecule has 30 heavy (non-hydrogen) atoms. The van der Waals surface area contributed by atoms with E-state index in [1.807, 2.05) is 0 Å². The second-order valence-corrected chi connectivity index (χ2v) is 7.05. The molecule has 0 radical (unpaired) electrons. The third kappa shape index (κ3) is 5.75. The molecule has 0 saturated heterocycles. The number of halogens is 3. The molecule has 4 nitrogen and oxygen atoms in total. The lowest BCUT2D eigenvalue weighted by Gasteiger charge is -2.13. The minimum Gasteiger partial charge on any atom is -0.493 e. The lowest BCUT2D eigenvalue weighted by atomic mass is 10.2. The predicted octanol–water partition coefficient (Wildman–Crippen LogP) is 6.37. The first-order valence-electron chi connectivity index (χ1n) is 8.94. The van der Waals surface area contributed by atoms with Gasteiger partial charge in [-0.15, -0.1) is 0 Å². The van der Waals surface area contributed by atoms with E-state index in [1.165, 1.54) is 31.4 Å². The van der Waals surface area contributed by atoms with Crippen molar-refractivity contribution in [2.45, 2.75) is 6.61 Å². The van der Waals surface area contributed by atoms with Crippen molar-refractivity contribution in [1.82, 2.24) is 0 Å². The maximum Gasteiger partial charge on any atom is 0.248 e. The van der Waals surface area contributed by atoms with Crippen LogP contribution in [0.5, 0.6) is 11.5 Å². The fourth-order valence-corrected chi connectivity index (χ4v) is 3.16. The van der Waals surface area contributed by atoms with E-state index in [-0.39, 0.29) is 12.5 Å². The summed E-state index contributed by atoms with van der Waals surface area (Å²) in [5.74, 6) is 0.198. The summed E-state index contributed by atoms with van der Waals surface area (Å²) in [5, 5.41) is 3.63. The highest BCUT2D eigenvalue weighted by molar-refractivity contribution is 6.35. The number of hydrogen-bond donors (Lipinski definition) is 1. The first-order valence-corrected chi connectivity index (χ1v) is 9.70. The molecule has 3 rings (SSSR count). The van der Waals surface area contributed by atoms with Crippen LogP contribution in [0.15, 0.2) is 66.7 Å². The summed E-state index contributed by atoms with van der Waals surface area (Å²) in [6.07, 6.45) is 2.97. The molecule has 0 unspecified atom stereocenters. The van der Waals surface area contributed by atoms with Crippen LogP contribution in [0.3, 0.4) is 0 Å². The quantitative estimate of drug-likeness (QED) is 0.429. The number of rotatable bonds is 7. The highest BCUT2D eigenvalue weighted by Crippen LogP contribution is 2.31. The third-order valence-corrected chi connectivity index (χ3v) is 4.85. The lowest BCUT2D eigenvalue weighted by Crippen LogP contribution is -2.07. The van der Waals surface area contributed by atoms with Crippen molar-refractivity contribution < 1.29 is 18.7 Å². The molecule has 0 heterocycles. The van der Waals surface area contributed by atoms with Crippen molar-refractivity contribution in [2.24, 2.45) is 0 Å². The van der Waals surface area contributed by atoms with Crippen LogP contribution in [0.2, 0.25) is 10.0 Å². The average molecular weight is 446 g/mol. The molecule has 0 atom stereocenters. The average Bonchev–Trinajstić information content (AvgIpc) is 2.72. The molecular weight excluding hydrogens is 428 g/mol. The summed E-state index contributed by atoms with van der Waals surface area (Å²) >= 11 is 12.3. The van der Waals surface area contributed by atoms with Gasteiger partial charge in [0.2, 0.25) is 5.91 Å². The number of methoxy groups -OCH3 is 1. The highest BCUT2D eigenvalue weighted by Gasteiger charge is 2.10. The van der Waals surface area contributed by atoms with Gasteiger partial charge < -0.3 is 14.8 Å². The van der Waals surface area contributed by atoms with Crippen LogP contribution >= 0.6 is 23.2 Å². The van der Waals surface area contributed by atoms with Crippen molar-refractivity contribution in [3.05, 3.63) is 93.7 Å². The van der Waals surface area contributed by atoms with Gasteiger partial charge in [0, 0.05) is 27.4 Å². The Morgan fingerprint density at radius 3 is 2.47 bits per heavy atom. The van der Waals surface area contributed by atoms with E-state index in [4.69, 9.17) is 32.7 Å². The van der Waals surface area contributed by atoms with Crippen molar-refractivity contribution in [1.29, 1.82) is 0 Å². The number of ether oxygens (including phenoxy) is 2. The molecule has 1 N–H and O–H groups in total. The van der Waals surface area contributed by atoms with Crippen LogP contribution in [0, 0.1) is 5.82 Å². The van der Waals surface area contributed by atoms with E-state index in [2.05, 4.69) is 5.32 Å². The van der Waals surface area contributed by atoms with Gasteiger partial charge in [-0.25, -0.2) is 4.39 Å². The summed E-state index contributed by atoms with van der Waals surface area (Å²) in [6.45, 7) is 0.181. The minimum absolute atomic E-state index is 0.181. The van der Waals surface area contributed by atoms with Gasteiger partial charge in [-0.2, -0.15) is 0 Å². The van der Waals surface area contributed by atoms with Crippen LogP contribution in [0.25, 0.3) is 6.08 Å². The number of nitrogens with one attached hydrogen (secondary N) is 1. The van der Waals surface area contributed by atoms with Crippen LogP contribution in [-0.4, -0.2) is 13.0 Å². The van der Waals surface area contributed by atoms with Gasteiger partial charge in [0.05, 0.1) is 7.11 Å². The zero-order chi connectivity index (χ0) is 21.5. The summed E-state index contributed by atoms with van der Waals surface area (Å²) < 4.78 is 24.4. The molecule has 0 aliphatic heterocycles. The Morgan fingerprint density at radius 1 is 1.03 bits per heavy atom. The number of amides is 1. The Balaban J connectivity index is 1.67. The van der Waals surface area contributed by atoms with E-state index in [1.54, 1.807) is 48.5 Å². The van der Waals surface area contributed by atoms with Crippen molar-refractivity contribution in [3.63, 3.8) is 0 Å². The molecule has 0 bridgehead atoms. The summed E-state index contributed by atoms with van der Waals surface area (Å²) in [7, 11) is 1.52. The van der Waals surface area contributed by atoms with Crippen molar-refractivity contribution >= 4 is 40.9 Å². The zero-order valence-electron chi connectivity index (χ0n) is 16.0. The van der Waals surface area contributed by atoms with Crippen molar-refractivity contribution in [2.75, 3.05) is 12.4 Å². The largest absolute Gasteiger partial charge is 0.493 e. The second-order valence-electron chi connectivity index (χ2n) is 6.23. The van der Waals surface area contributed by atoms with Gasteiger partial charge in [0.1, 0.15) is 12.4 Å². The van der Waals surface area contributed by atoms with E-state index in [0.717, 1.165) is 5.56 Å². The van der Waals surface area contributed by atoms with Gasteiger partial charge in [0.15, 0.2) is 11.5 Å². The van der Waals surface area contributed by atoms with Crippen LogP contribution in [0.1, 0.15) is 11.1 Å². The van der Waals surface area contributed by atoms with Gasteiger partial charge in [-0.05, 0) is 54.1 Å². The Morgan fingerprint density at radius 2 is 1.77 bits per heavy atom. The number of hydrogen-bond acceptors (Lipinski definition) is 3. The summed E-state index contributed by atoms with van der Waals surface area (Å²) in [5.41, 5.74) is 1.79. The first kappa shape index (κ1) is 21.7. The Labute approximate surface area is 183 Å². The molecule has 0 aromatic heterocycles. The highest BCUT2D eigenvalue weighted by atomic mass is 35.5. The SMILES string of the molecule is COc1cc(/C=C/C(=O)Nc2cccc(F)c2)ccc1OCc1c(Cl)cccc1Cl. The fourth-order valence-electron chi connectivity index (χ4n) is 2.65. The monoisotopic (exact) mass is 445 g/mol. The van der Waals surface area contributed by atoms with Crippen molar-refractivity contribution in [3.8, 4) is 11.5 Å².